The average Bonchev–Trinajstić information content (AvgIpc) is 3.11. The molecule has 1 amide bonds. The van der Waals surface area contributed by atoms with Crippen molar-refractivity contribution in [1.29, 1.82) is 0 Å². The van der Waals surface area contributed by atoms with E-state index in [1.54, 1.807) is 12.1 Å². The molecular formula is C30H36BClN2O3. The summed E-state index contributed by atoms with van der Waals surface area (Å²) in [4.78, 5) is 17.5. The highest BCUT2D eigenvalue weighted by Crippen LogP contribution is 2.41. The molecule has 7 heteroatoms. The van der Waals surface area contributed by atoms with Crippen molar-refractivity contribution in [1.82, 2.24) is 4.98 Å². The van der Waals surface area contributed by atoms with Crippen LogP contribution in [0.15, 0.2) is 54.7 Å². The van der Waals surface area contributed by atoms with E-state index in [-0.39, 0.29) is 23.0 Å². The number of nitrogens with zero attached hydrogens (tertiary/aromatic N) is 1. The van der Waals surface area contributed by atoms with Crippen molar-refractivity contribution < 1.29 is 14.1 Å². The second-order valence-electron chi connectivity index (χ2n) is 11.7. The van der Waals surface area contributed by atoms with Crippen molar-refractivity contribution in [2.24, 2.45) is 11.8 Å². The van der Waals surface area contributed by atoms with E-state index in [0.717, 1.165) is 42.4 Å². The molecule has 3 aromatic rings. The van der Waals surface area contributed by atoms with Gasteiger partial charge in [-0.1, -0.05) is 30.7 Å². The van der Waals surface area contributed by atoms with Gasteiger partial charge in [-0.15, -0.1) is 0 Å². The number of benzene rings is 2. The van der Waals surface area contributed by atoms with Crippen molar-refractivity contribution in [3.8, 4) is 0 Å². The topological polar surface area (TPSA) is 60.5 Å². The first-order valence-electron chi connectivity index (χ1n) is 13.3. The molecule has 5 rings (SSSR count). The van der Waals surface area contributed by atoms with Gasteiger partial charge in [0, 0.05) is 28.2 Å². The molecule has 2 heterocycles. The zero-order valence-corrected chi connectivity index (χ0v) is 23.1. The number of hydrogen-bond donors (Lipinski definition) is 1. The van der Waals surface area contributed by atoms with E-state index in [0.29, 0.717) is 16.9 Å². The lowest BCUT2D eigenvalue weighted by molar-refractivity contribution is -0.121. The molecule has 1 aliphatic carbocycles. The number of rotatable bonds is 5. The van der Waals surface area contributed by atoms with E-state index in [2.05, 4.69) is 69.2 Å². The van der Waals surface area contributed by atoms with Crippen LogP contribution in [-0.2, 0) is 14.1 Å². The fourth-order valence-electron chi connectivity index (χ4n) is 5.60. The Bertz CT molecular complexity index is 1270. The number of carbonyl (C=O) groups excluding carboxylic acids is 1. The highest BCUT2D eigenvalue weighted by Gasteiger charge is 2.51. The Morgan fingerprint density at radius 1 is 1.00 bits per heavy atom. The summed E-state index contributed by atoms with van der Waals surface area (Å²) in [5.74, 6) is 0.853. The predicted octanol–water partition coefficient (Wildman–Crippen LogP) is 6.74. The Balaban J connectivity index is 1.28. The van der Waals surface area contributed by atoms with Crippen LogP contribution in [-0.4, -0.2) is 29.2 Å². The summed E-state index contributed by atoms with van der Waals surface area (Å²) < 4.78 is 12.6. The van der Waals surface area contributed by atoms with Crippen molar-refractivity contribution in [3.05, 3.63) is 65.3 Å². The smallest absolute Gasteiger partial charge is 0.399 e. The normalized spacial score (nSPS) is 23.7. The van der Waals surface area contributed by atoms with Crippen molar-refractivity contribution >= 4 is 46.7 Å². The molecule has 1 aliphatic heterocycles. The molecule has 194 valence electrons. The molecule has 2 aromatic carbocycles. The zero-order valence-electron chi connectivity index (χ0n) is 22.4. The first-order chi connectivity index (χ1) is 17.5. The number of carbonyl (C=O) groups is 1. The SMILES string of the molecule is C[C@@H](C(=O)Nc1ccc(Cl)cc1)[C@H]1CC[C@@H](c2ccnc3ccc(B4OC(C)(C)C(C)(C)O4)cc32)CC1. The van der Waals surface area contributed by atoms with Crippen molar-refractivity contribution in [2.45, 2.75) is 77.4 Å². The Kier molecular flexibility index (Phi) is 7.12. The molecule has 2 fully saturated rings. The molecule has 1 atom stereocenters. The van der Waals surface area contributed by atoms with Crippen LogP contribution in [0, 0.1) is 11.8 Å². The summed E-state index contributed by atoms with van der Waals surface area (Å²) in [5.41, 5.74) is 3.40. The summed E-state index contributed by atoms with van der Waals surface area (Å²) in [5, 5.41) is 4.88. The fraction of sp³-hybridized carbons (Fsp3) is 0.467. The Morgan fingerprint density at radius 2 is 1.65 bits per heavy atom. The number of aromatic nitrogens is 1. The number of pyridine rings is 1. The summed E-state index contributed by atoms with van der Waals surface area (Å²) in [6.45, 7) is 10.4. The lowest BCUT2D eigenvalue weighted by Crippen LogP contribution is -2.41. The third-order valence-electron chi connectivity index (χ3n) is 8.77. The molecule has 0 spiro atoms. The largest absolute Gasteiger partial charge is 0.494 e. The summed E-state index contributed by atoms with van der Waals surface area (Å²) >= 11 is 5.97. The van der Waals surface area contributed by atoms with Crippen LogP contribution in [0.4, 0.5) is 5.69 Å². The third kappa shape index (κ3) is 5.29. The van der Waals surface area contributed by atoms with Gasteiger partial charge in [0.25, 0.3) is 0 Å². The average molecular weight is 519 g/mol. The maximum Gasteiger partial charge on any atom is 0.494 e. The number of nitrogens with one attached hydrogen (secondary N) is 1. The quantitative estimate of drug-likeness (QED) is 0.380. The van der Waals surface area contributed by atoms with Gasteiger partial charge in [0.05, 0.1) is 16.7 Å². The fourth-order valence-corrected chi connectivity index (χ4v) is 5.73. The predicted molar refractivity (Wildman–Crippen MR) is 151 cm³/mol. The molecule has 1 saturated heterocycles. The molecule has 0 radical (unpaired) electrons. The van der Waals surface area contributed by atoms with Gasteiger partial charge in [-0.3, -0.25) is 9.78 Å². The summed E-state index contributed by atoms with van der Waals surface area (Å²) in [7, 11) is -0.391. The zero-order chi connectivity index (χ0) is 26.4. The van der Waals surface area contributed by atoms with E-state index >= 15 is 0 Å². The van der Waals surface area contributed by atoms with Crippen molar-refractivity contribution in [3.63, 3.8) is 0 Å². The second kappa shape index (κ2) is 10.0. The maximum absolute atomic E-state index is 12.9. The van der Waals surface area contributed by atoms with Crippen LogP contribution < -0.4 is 10.8 Å². The van der Waals surface area contributed by atoms with Gasteiger partial charge in [0.2, 0.25) is 5.91 Å². The minimum absolute atomic E-state index is 0.0409. The third-order valence-corrected chi connectivity index (χ3v) is 9.02. The van der Waals surface area contributed by atoms with Crippen LogP contribution in [0.25, 0.3) is 10.9 Å². The molecule has 5 nitrogen and oxygen atoms in total. The minimum Gasteiger partial charge on any atom is -0.399 e. The van der Waals surface area contributed by atoms with E-state index in [9.17, 15) is 4.79 Å². The van der Waals surface area contributed by atoms with Gasteiger partial charge < -0.3 is 14.6 Å². The van der Waals surface area contributed by atoms with Gasteiger partial charge in [0.1, 0.15) is 0 Å². The van der Waals surface area contributed by atoms with Crippen LogP contribution >= 0.6 is 11.6 Å². The summed E-state index contributed by atoms with van der Waals surface area (Å²) in [6, 6.07) is 15.8. The number of halogens is 1. The Labute approximate surface area is 225 Å². The highest BCUT2D eigenvalue weighted by molar-refractivity contribution is 6.62. The molecule has 37 heavy (non-hydrogen) atoms. The van der Waals surface area contributed by atoms with Crippen LogP contribution in [0.5, 0.6) is 0 Å². The maximum atomic E-state index is 12.9. The van der Waals surface area contributed by atoms with Gasteiger partial charge in [-0.2, -0.15) is 0 Å². The van der Waals surface area contributed by atoms with E-state index in [1.807, 2.05) is 18.3 Å². The molecule has 0 unspecified atom stereocenters. The summed E-state index contributed by atoms with van der Waals surface area (Å²) in [6.07, 6.45) is 6.09. The lowest BCUT2D eigenvalue weighted by Gasteiger charge is -2.32. The first-order valence-corrected chi connectivity index (χ1v) is 13.7. The molecule has 1 aromatic heterocycles. The lowest BCUT2D eigenvalue weighted by atomic mass is 9.73. The monoisotopic (exact) mass is 518 g/mol. The van der Waals surface area contributed by atoms with Gasteiger partial charge in [-0.05, 0) is 113 Å². The molecule has 1 saturated carbocycles. The first kappa shape index (κ1) is 26.2. The Morgan fingerprint density at radius 3 is 2.30 bits per heavy atom. The number of hydrogen-bond acceptors (Lipinski definition) is 4. The van der Waals surface area contributed by atoms with Gasteiger partial charge >= 0.3 is 7.12 Å². The van der Waals surface area contributed by atoms with E-state index < -0.39 is 7.12 Å². The number of amides is 1. The van der Waals surface area contributed by atoms with Crippen molar-refractivity contribution in [2.75, 3.05) is 5.32 Å². The van der Waals surface area contributed by atoms with E-state index in [4.69, 9.17) is 20.9 Å². The number of anilines is 1. The molecule has 0 bridgehead atoms. The van der Waals surface area contributed by atoms with Crippen LogP contribution in [0.3, 0.4) is 0 Å². The van der Waals surface area contributed by atoms with E-state index in [1.165, 1.54) is 10.9 Å². The standard InChI is InChI=1S/C30H36BClN2O3/c1-19(28(35)34-24-13-11-23(32)12-14-24)20-6-8-21(9-7-20)25-16-17-33-27-15-10-22(18-26(25)27)31-36-29(2,3)30(4,5)37-31/h10-21H,6-9H2,1-5H3,(H,34,35)/t19-,20-,21+/m1/s1. The highest BCUT2D eigenvalue weighted by atomic mass is 35.5. The van der Waals surface area contributed by atoms with Gasteiger partial charge in [-0.25, -0.2) is 0 Å². The Hall–Kier alpha value is -2.41. The molecule has 2 aliphatic rings. The minimum atomic E-state index is -0.391. The molecular weight excluding hydrogens is 483 g/mol. The van der Waals surface area contributed by atoms with Crippen LogP contribution in [0.2, 0.25) is 5.02 Å². The molecule has 1 N–H and O–H groups in total. The van der Waals surface area contributed by atoms with Gasteiger partial charge in [0.15, 0.2) is 0 Å². The number of fused-ring (bicyclic) bond motifs is 1. The second-order valence-corrected chi connectivity index (χ2v) is 12.1. The van der Waals surface area contributed by atoms with Crippen LogP contribution in [0.1, 0.15) is 71.8 Å².